The highest BCUT2D eigenvalue weighted by Gasteiger charge is 2.43. The number of hydrogen-bond acceptors (Lipinski definition) is 2. The first-order chi connectivity index (χ1) is 13.0. The Hall–Kier alpha value is -2.69. The van der Waals surface area contributed by atoms with E-state index in [1.165, 1.54) is 19.1 Å². The van der Waals surface area contributed by atoms with Crippen molar-refractivity contribution in [2.45, 2.75) is 50.6 Å². The summed E-state index contributed by atoms with van der Waals surface area (Å²) in [4.78, 5) is 26.5. The normalized spacial score (nSPS) is 23.9. The zero-order valence-corrected chi connectivity index (χ0v) is 15.3. The second-order valence-corrected chi connectivity index (χ2v) is 7.58. The predicted octanol–water partition coefficient (Wildman–Crippen LogP) is 4.33. The zero-order valence-electron chi connectivity index (χ0n) is 15.3. The van der Waals surface area contributed by atoms with Gasteiger partial charge in [-0.15, -0.1) is 0 Å². The number of amides is 2. The van der Waals surface area contributed by atoms with Gasteiger partial charge in [0.1, 0.15) is 5.82 Å². The number of piperidine rings is 1. The molecule has 2 heterocycles. The third-order valence-corrected chi connectivity index (χ3v) is 5.74. The highest BCUT2D eigenvalue weighted by atomic mass is 19.1. The molecule has 5 heteroatoms. The van der Waals surface area contributed by atoms with Gasteiger partial charge in [-0.3, -0.25) is 9.59 Å². The lowest BCUT2D eigenvalue weighted by Crippen LogP contribution is -2.46. The number of nitrogens with one attached hydrogen (secondary N) is 1. The predicted molar refractivity (Wildman–Crippen MR) is 102 cm³/mol. The average Bonchev–Trinajstić information content (AvgIpc) is 2.91. The average molecular weight is 366 g/mol. The van der Waals surface area contributed by atoms with E-state index in [2.05, 4.69) is 5.32 Å². The summed E-state index contributed by atoms with van der Waals surface area (Å²) in [7, 11) is 0. The van der Waals surface area contributed by atoms with Gasteiger partial charge in [-0.25, -0.2) is 4.39 Å². The molecule has 140 valence electrons. The van der Waals surface area contributed by atoms with Gasteiger partial charge in [-0.1, -0.05) is 18.2 Å². The quantitative estimate of drug-likeness (QED) is 0.879. The molecule has 0 aliphatic carbocycles. The van der Waals surface area contributed by atoms with E-state index < -0.39 is 0 Å². The molecule has 1 N–H and O–H groups in total. The summed E-state index contributed by atoms with van der Waals surface area (Å²) in [6.45, 7) is 1.45. The number of hydrogen-bond donors (Lipinski definition) is 1. The fourth-order valence-corrected chi connectivity index (χ4v) is 4.60. The molecule has 2 bridgehead atoms. The number of nitrogens with zero attached hydrogens (tertiary/aromatic N) is 1. The Labute approximate surface area is 158 Å². The molecule has 2 amide bonds. The van der Waals surface area contributed by atoms with Crippen LogP contribution in [-0.2, 0) is 4.79 Å². The molecule has 27 heavy (non-hydrogen) atoms. The van der Waals surface area contributed by atoms with Crippen molar-refractivity contribution in [3.05, 3.63) is 65.5 Å². The highest BCUT2D eigenvalue weighted by molar-refractivity contribution is 5.97. The van der Waals surface area contributed by atoms with Crippen molar-refractivity contribution in [3.63, 3.8) is 0 Å². The second-order valence-electron chi connectivity index (χ2n) is 7.58. The van der Waals surface area contributed by atoms with Crippen molar-refractivity contribution in [1.82, 2.24) is 4.90 Å². The lowest BCUT2D eigenvalue weighted by Gasteiger charge is -2.39. The molecule has 0 radical (unpaired) electrons. The summed E-state index contributed by atoms with van der Waals surface area (Å²) in [5.41, 5.74) is 2.41. The van der Waals surface area contributed by atoms with Crippen molar-refractivity contribution >= 4 is 17.5 Å². The number of benzene rings is 2. The van der Waals surface area contributed by atoms with E-state index in [0.717, 1.165) is 31.2 Å². The molecule has 0 spiro atoms. The Kier molecular flexibility index (Phi) is 4.68. The van der Waals surface area contributed by atoms with E-state index in [-0.39, 0.29) is 29.7 Å². The smallest absolute Gasteiger partial charge is 0.254 e. The lowest BCUT2D eigenvalue weighted by molar-refractivity contribution is -0.114. The Morgan fingerprint density at radius 1 is 1.04 bits per heavy atom. The molecule has 2 saturated heterocycles. The van der Waals surface area contributed by atoms with E-state index >= 15 is 0 Å². The van der Waals surface area contributed by atoms with Crippen molar-refractivity contribution in [2.24, 2.45) is 0 Å². The summed E-state index contributed by atoms with van der Waals surface area (Å²) in [6, 6.07) is 14.3. The van der Waals surface area contributed by atoms with Crippen molar-refractivity contribution in [1.29, 1.82) is 0 Å². The molecule has 4 nitrogen and oxygen atoms in total. The van der Waals surface area contributed by atoms with Gasteiger partial charge in [-0.05, 0) is 67.5 Å². The Balaban J connectivity index is 1.52. The number of anilines is 1. The number of halogens is 1. The van der Waals surface area contributed by atoms with Crippen LogP contribution in [-0.4, -0.2) is 28.8 Å². The Morgan fingerprint density at radius 3 is 2.33 bits per heavy atom. The van der Waals surface area contributed by atoms with Crippen LogP contribution in [0.25, 0.3) is 0 Å². The SMILES string of the molecule is CC(=O)Nc1cccc(C(=O)N2[C@@H]3CC[C@H]2C[C@@H](c2ccc(F)cc2)C3)c1. The number of rotatable bonds is 3. The van der Waals surface area contributed by atoms with E-state index in [1.54, 1.807) is 24.3 Å². The molecule has 2 aliphatic heterocycles. The minimum atomic E-state index is -0.214. The first kappa shape index (κ1) is 17.7. The monoisotopic (exact) mass is 366 g/mol. The molecular formula is C22H23FN2O2. The third kappa shape index (κ3) is 3.59. The van der Waals surface area contributed by atoms with E-state index in [4.69, 9.17) is 0 Å². The first-order valence-electron chi connectivity index (χ1n) is 9.47. The molecule has 0 saturated carbocycles. The van der Waals surface area contributed by atoms with Crippen LogP contribution in [0, 0.1) is 5.82 Å². The van der Waals surface area contributed by atoms with Gasteiger partial charge >= 0.3 is 0 Å². The largest absolute Gasteiger partial charge is 0.333 e. The minimum absolute atomic E-state index is 0.0345. The highest BCUT2D eigenvalue weighted by Crippen LogP contribution is 2.43. The molecule has 0 unspecified atom stereocenters. The molecule has 0 aromatic heterocycles. The fourth-order valence-electron chi connectivity index (χ4n) is 4.60. The molecule has 3 atom stereocenters. The van der Waals surface area contributed by atoms with Crippen LogP contribution in [0.15, 0.2) is 48.5 Å². The van der Waals surface area contributed by atoms with E-state index in [1.807, 2.05) is 17.0 Å². The van der Waals surface area contributed by atoms with Crippen LogP contribution < -0.4 is 5.32 Å². The van der Waals surface area contributed by atoms with Crippen LogP contribution in [0.4, 0.5) is 10.1 Å². The summed E-state index contributed by atoms with van der Waals surface area (Å²) < 4.78 is 13.2. The molecule has 2 aromatic carbocycles. The van der Waals surface area contributed by atoms with Gasteiger partial charge in [0, 0.05) is 30.3 Å². The van der Waals surface area contributed by atoms with Crippen molar-refractivity contribution < 1.29 is 14.0 Å². The first-order valence-corrected chi connectivity index (χ1v) is 9.47. The fraction of sp³-hybridized carbons (Fsp3) is 0.364. The van der Waals surface area contributed by atoms with Gasteiger partial charge in [0.05, 0.1) is 0 Å². The summed E-state index contributed by atoms with van der Waals surface area (Å²) >= 11 is 0. The Morgan fingerprint density at radius 2 is 1.70 bits per heavy atom. The third-order valence-electron chi connectivity index (χ3n) is 5.74. The van der Waals surface area contributed by atoms with Gasteiger partial charge in [-0.2, -0.15) is 0 Å². The van der Waals surface area contributed by atoms with E-state index in [9.17, 15) is 14.0 Å². The van der Waals surface area contributed by atoms with E-state index in [0.29, 0.717) is 17.2 Å². The number of carbonyl (C=O) groups excluding carboxylic acids is 2. The van der Waals surface area contributed by atoms with Crippen LogP contribution in [0.1, 0.15) is 54.4 Å². The van der Waals surface area contributed by atoms with Gasteiger partial charge in [0.25, 0.3) is 5.91 Å². The molecule has 2 aliphatic rings. The van der Waals surface area contributed by atoms with Crippen LogP contribution >= 0.6 is 0 Å². The topological polar surface area (TPSA) is 49.4 Å². The van der Waals surface area contributed by atoms with Gasteiger partial charge in [0.15, 0.2) is 0 Å². The van der Waals surface area contributed by atoms with Crippen LogP contribution in [0.2, 0.25) is 0 Å². The molecule has 2 aromatic rings. The maximum atomic E-state index is 13.2. The summed E-state index contributed by atoms with van der Waals surface area (Å²) in [6.07, 6.45) is 3.86. The summed E-state index contributed by atoms with van der Waals surface area (Å²) in [5, 5.41) is 2.73. The minimum Gasteiger partial charge on any atom is -0.333 e. The van der Waals surface area contributed by atoms with Crippen LogP contribution in [0.3, 0.4) is 0 Å². The maximum Gasteiger partial charge on any atom is 0.254 e. The molecule has 4 rings (SSSR count). The van der Waals surface area contributed by atoms with Crippen LogP contribution in [0.5, 0.6) is 0 Å². The molecule has 2 fully saturated rings. The van der Waals surface area contributed by atoms with Gasteiger partial charge < -0.3 is 10.2 Å². The standard InChI is InChI=1S/C22H23FN2O2/c1-14(26)24-19-4-2-3-16(11-19)22(27)25-20-9-10-21(25)13-17(12-20)15-5-7-18(23)8-6-15/h2-8,11,17,20-21H,9-10,12-13H2,1H3,(H,24,26)/t17-,20+,21-. The zero-order chi connectivity index (χ0) is 19.0. The lowest BCUT2D eigenvalue weighted by atomic mass is 9.85. The molecular weight excluding hydrogens is 343 g/mol. The number of fused-ring (bicyclic) bond motifs is 2. The van der Waals surface area contributed by atoms with Crippen molar-refractivity contribution in [2.75, 3.05) is 5.32 Å². The Bertz CT molecular complexity index is 851. The summed E-state index contributed by atoms with van der Waals surface area (Å²) in [5.74, 6) is 0.0401. The maximum absolute atomic E-state index is 13.2. The number of carbonyl (C=O) groups is 2. The van der Waals surface area contributed by atoms with Crippen molar-refractivity contribution in [3.8, 4) is 0 Å². The second kappa shape index (κ2) is 7.14. The van der Waals surface area contributed by atoms with Gasteiger partial charge in [0.2, 0.25) is 5.91 Å².